The van der Waals surface area contributed by atoms with Gasteiger partial charge in [0, 0.05) is 0 Å². The molecule has 164 valence electrons. The predicted octanol–water partition coefficient (Wildman–Crippen LogP) is 6.84. The van der Waals surface area contributed by atoms with Crippen molar-refractivity contribution in [2.45, 2.75) is 38.3 Å². The minimum atomic E-state index is -0.355. The van der Waals surface area contributed by atoms with Crippen LogP contribution >= 0.6 is 13.5 Å². The topological polar surface area (TPSA) is 27.7 Å². The van der Waals surface area contributed by atoms with E-state index in [1.165, 1.54) is 47.2 Å². The summed E-state index contributed by atoms with van der Waals surface area (Å²) in [5.41, 5.74) is 3.17. The fourth-order valence-electron chi connectivity index (χ4n) is 4.37. The van der Waals surface area contributed by atoms with E-state index in [2.05, 4.69) is 48.5 Å². The van der Waals surface area contributed by atoms with Gasteiger partial charge in [-0.3, -0.25) is 4.74 Å². The van der Waals surface area contributed by atoms with Crippen LogP contribution in [0, 0.1) is 0 Å². The molecule has 2 unspecified atom stereocenters. The Labute approximate surface area is 196 Å². The van der Waals surface area contributed by atoms with E-state index in [0.717, 1.165) is 0 Å². The van der Waals surface area contributed by atoms with E-state index in [0.29, 0.717) is 0 Å². The maximum Gasteiger partial charge on any atom is 0.222 e. The number of aryl methyl sites for hydroxylation is 2. The van der Waals surface area contributed by atoms with Gasteiger partial charge in [-0.25, -0.2) is 0 Å². The molecule has 2 heterocycles. The first-order chi connectivity index (χ1) is 15.4. The van der Waals surface area contributed by atoms with Gasteiger partial charge < -0.3 is 9.47 Å². The third-order valence-electron chi connectivity index (χ3n) is 5.87. The van der Waals surface area contributed by atoms with Crippen molar-refractivity contribution in [2.24, 2.45) is 0 Å². The molecule has 3 aromatic carbocycles. The summed E-state index contributed by atoms with van der Waals surface area (Å²) in [5.74, 6) is 0. The van der Waals surface area contributed by atoms with Crippen molar-refractivity contribution in [3.8, 4) is 0 Å². The highest BCUT2D eigenvalue weighted by atomic mass is 32.1. The minimum absolute atomic E-state index is 0. The SMILES string of the molecule is C1=COC(OC2C=CC=CO2)C=C1.S.c1ccc2c(c1)ccc1c3c(ccc12)CCCC3. The third kappa shape index (κ3) is 4.93. The second kappa shape index (κ2) is 10.6. The van der Waals surface area contributed by atoms with Crippen LogP contribution in [0.1, 0.15) is 24.0 Å². The zero-order valence-electron chi connectivity index (χ0n) is 17.9. The molecule has 2 aliphatic heterocycles. The summed E-state index contributed by atoms with van der Waals surface area (Å²) in [6.45, 7) is 0. The van der Waals surface area contributed by atoms with Crippen LogP contribution < -0.4 is 0 Å². The van der Waals surface area contributed by atoms with Crippen LogP contribution in [0.5, 0.6) is 0 Å². The summed E-state index contributed by atoms with van der Waals surface area (Å²) in [6, 6.07) is 18.0. The van der Waals surface area contributed by atoms with Gasteiger partial charge in [-0.05, 0) is 82.7 Å². The van der Waals surface area contributed by atoms with Gasteiger partial charge in [0.05, 0.1) is 12.5 Å². The van der Waals surface area contributed by atoms with Crippen molar-refractivity contribution in [3.63, 3.8) is 0 Å². The van der Waals surface area contributed by atoms with Crippen molar-refractivity contribution < 1.29 is 14.2 Å². The standard InChI is InChI=1S/C18H16.C10H10O3.H2S/c1-3-7-15-13(5-1)9-11-18-16-8-4-2-6-14(16)10-12-17(15)18;1-3-7-11-9(5-1)13-10-6-2-4-8-12-10;/h1,3,5,7,9-12H,2,4,6,8H2;1-10H;1H2. The van der Waals surface area contributed by atoms with Crippen molar-refractivity contribution in [1.29, 1.82) is 0 Å². The number of hydrogen-bond donors (Lipinski definition) is 0. The molecular formula is C28H28O3S. The average Bonchev–Trinajstić information content (AvgIpc) is 2.85. The molecule has 6 rings (SSSR count). The Morgan fingerprint density at radius 2 is 1.34 bits per heavy atom. The predicted molar refractivity (Wildman–Crippen MR) is 136 cm³/mol. The second-order valence-corrected chi connectivity index (χ2v) is 7.86. The lowest BCUT2D eigenvalue weighted by Gasteiger charge is -2.21. The number of allylic oxidation sites excluding steroid dienone is 4. The number of benzene rings is 3. The Kier molecular flexibility index (Phi) is 7.35. The van der Waals surface area contributed by atoms with Gasteiger partial charge in [0.15, 0.2) is 0 Å². The third-order valence-corrected chi connectivity index (χ3v) is 5.87. The summed E-state index contributed by atoms with van der Waals surface area (Å²) < 4.78 is 15.7. The van der Waals surface area contributed by atoms with Crippen LogP contribution in [0.25, 0.3) is 21.5 Å². The van der Waals surface area contributed by atoms with Crippen LogP contribution in [0.3, 0.4) is 0 Å². The maximum atomic E-state index is 5.41. The molecule has 1 aliphatic carbocycles. The Hall–Kier alpha value is -2.95. The fraction of sp³-hybridized carbons (Fsp3) is 0.214. The summed E-state index contributed by atoms with van der Waals surface area (Å²) in [5, 5.41) is 5.64. The van der Waals surface area contributed by atoms with E-state index in [-0.39, 0.29) is 26.1 Å². The molecule has 0 N–H and O–H groups in total. The quantitative estimate of drug-likeness (QED) is 0.405. The molecule has 0 saturated carbocycles. The lowest BCUT2D eigenvalue weighted by atomic mass is 9.86. The van der Waals surface area contributed by atoms with Gasteiger partial charge in [-0.2, -0.15) is 13.5 Å². The summed E-state index contributed by atoms with van der Waals surface area (Å²) >= 11 is 0. The van der Waals surface area contributed by atoms with E-state index in [1.54, 1.807) is 35.8 Å². The van der Waals surface area contributed by atoms with Crippen molar-refractivity contribution in [3.05, 3.63) is 109 Å². The van der Waals surface area contributed by atoms with E-state index in [4.69, 9.17) is 14.2 Å². The van der Waals surface area contributed by atoms with E-state index >= 15 is 0 Å². The van der Waals surface area contributed by atoms with Crippen molar-refractivity contribution in [1.82, 2.24) is 0 Å². The molecule has 3 nitrogen and oxygen atoms in total. The monoisotopic (exact) mass is 444 g/mol. The second-order valence-electron chi connectivity index (χ2n) is 7.86. The summed E-state index contributed by atoms with van der Waals surface area (Å²) in [4.78, 5) is 0. The smallest absolute Gasteiger partial charge is 0.222 e. The van der Waals surface area contributed by atoms with Crippen LogP contribution in [-0.2, 0) is 27.1 Å². The van der Waals surface area contributed by atoms with E-state index in [1.807, 2.05) is 24.3 Å². The Balaban J connectivity index is 0.000000157. The molecule has 2 atom stereocenters. The zero-order valence-corrected chi connectivity index (χ0v) is 18.9. The van der Waals surface area contributed by atoms with Crippen LogP contribution in [0.2, 0.25) is 0 Å². The first-order valence-corrected chi connectivity index (χ1v) is 10.9. The number of fused-ring (bicyclic) bond motifs is 5. The summed E-state index contributed by atoms with van der Waals surface area (Å²) in [7, 11) is 0. The molecule has 3 aliphatic rings. The van der Waals surface area contributed by atoms with Gasteiger partial charge in [-0.1, -0.05) is 60.7 Å². The summed E-state index contributed by atoms with van der Waals surface area (Å²) in [6.07, 6.45) is 18.7. The highest BCUT2D eigenvalue weighted by molar-refractivity contribution is 7.59. The Morgan fingerprint density at radius 3 is 2.06 bits per heavy atom. The highest BCUT2D eigenvalue weighted by Gasteiger charge is 2.14. The molecule has 0 amide bonds. The average molecular weight is 445 g/mol. The van der Waals surface area contributed by atoms with Crippen molar-refractivity contribution >= 4 is 35.0 Å². The molecule has 3 aromatic rings. The Morgan fingerprint density at radius 1 is 0.656 bits per heavy atom. The molecule has 0 spiro atoms. The van der Waals surface area contributed by atoms with Gasteiger partial charge >= 0.3 is 0 Å². The molecule has 0 bridgehead atoms. The highest BCUT2D eigenvalue weighted by Crippen LogP contribution is 2.33. The van der Waals surface area contributed by atoms with Gasteiger partial charge in [0.1, 0.15) is 0 Å². The van der Waals surface area contributed by atoms with E-state index < -0.39 is 0 Å². The first kappa shape index (κ1) is 22.3. The largest absolute Gasteiger partial charge is 0.469 e. The molecule has 0 aromatic heterocycles. The van der Waals surface area contributed by atoms with Crippen molar-refractivity contribution in [2.75, 3.05) is 0 Å². The first-order valence-electron chi connectivity index (χ1n) is 10.9. The van der Waals surface area contributed by atoms with Gasteiger partial charge in [-0.15, -0.1) is 0 Å². The van der Waals surface area contributed by atoms with E-state index in [9.17, 15) is 0 Å². The molecule has 0 saturated heterocycles. The molecule has 4 heteroatoms. The molecule has 0 radical (unpaired) electrons. The van der Waals surface area contributed by atoms with Crippen LogP contribution in [0.4, 0.5) is 0 Å². The number of ether oxygens (including phenoxy) is 3. The maximum absolute atomic E-state index is 5.41. The molecule has 32 heavy (non-hydrogen) atoms. The van der Waals surface area contributed by atoms with Crippen LogP contribution in [0.15, 0.2) is 97.5 Å². The fourth-order valence-corrected chi connectivity index (χ4v) is 4.37. The number of hydrogen-bond acceptors (Lipinski definition) is 3. The lowest BCUT2D eigenvalue weighted by Crippen LogP contribution is -2.22. The van der Waals surface area contributed by atoms with Crippen LogP contribution in [-0.4, -0.2) is 12.6 Å². The molecular weight excluding hydrogens is 416 g/mol. The van der Waals surface area contributed by atoms with Gasteiger partial charge in [0.25, 0.3) is 0 Å². The number of rotatable bonds is 2. The zero-order chi connectivity index (χ0) is 20.9. The Bertz CT molecular complexity index is 1160. The molecule has 0 fully saturated rings. The minimum Gasteiger partial charge on any atom is -0.469 e. The lowest BCUT2D eigenvalue weighted by molar-refractivity contribution is -0.172. The normalized spacial score (nSPS) is 20.5. The van der Waals surface area contributed by atoms with Gasteiger partial charge in [0.2, 0.25) is 12.6 Å².